The Hall–Kier alpha value is -4.05. The van der Waals surface area contributed by atoms with Crippen LogP contribution >= 0.6 is 0 Å². The summed E-state index contributed by atoms with van der Waals surface area (Å²) >= 11 is 0. The number of rotatable bonds is 10. The summed E-state index contributed by atoms with van der Waals surface area (Å²) in [5.41, 5.74) is 0.962. The highest BCUT2D eigenvalue weighted by Crippen LogP contribution is 2.70. The van der Waals surface area contributed by atoms with Gasteiger partial charge in [-0.3, -0.25) is 9.59 Å². The number of carbonyl (C=O) groups excluding carboxylic acids is 2. The maximum absolute atomic E-state index is 14.1. The van der Waals surface area contributed by atoms with E-state index in [4.69, 9.17) is 4.74 Å². The smallest absolute Gasteiger partial charge is 0.339 e. The molecular formula is C36H40F2N4O4. The summed E-state index contributed by atoms with van der Waals surface area (Å²) < 4.78 is 35.3. The summed E-state index contributed by atoms with van der Waals surface area (Å²) in [6, 6.07) is 14.9. The first kappa shape index (κ1) is 30.6. The number of pyridine rings is 1. The van der Waals surface area contributed by atoms with Crippen LogP contribution < -0.4 is 16.2 Å². The third kappa shape index (κ3) is 5.50. The highest BCUT2D eigenvalue weighted by atomic mass is 19.3. The van der Waals surface area contributed by atoms with Crippen LogP contribution in [0.4, 0.5) is 14.5 Å². The number of alkyl halides is 2. The molecule has 1 saturated heterocycles. The Kier molecular flexibility index (Phi) is 7.74. The molecule has 3 aromatic rings. The predicted molar refractivity (Wildman–Crippen MR) is 170 cm³/mol. The molecule has 5 fully saturated rings. The van der Waals surface area contributed by atoms with Gasteiger partial charge in [0.05, 0.1) is 16.8 Å². The van der Waals surface area contributed by atoms with E-state index in [0.717, 1.165) is 50.8 Å². The minimum absolute atomic E-state index is 0.0701. The number of fused-ring (bicyclic) bond motifs is 2. The van der Waals surface area contributed by atoms with Crippen molar-refractivity contribution in [3.63, 3.8) is 0 Å². The fourth-order valence-electron chi connectivity index (χ4n) is 8.82. The van der Waals surface area contributed by atoms with Crippen molar-refractivity contribution in [3.8, 4) is 0 Å². The largest absolute Gasteiger partial charge is 0.457 e. The van der Waals surface area contributed by atoms with Gasteiger partial charge in [-0.2, -0.15) is 0 Å². The van der Waals surface area contributed by atoms with Gasteiger partial charge >= 0.3 is 5.97 Å². The zero-order chi connectivity index (χ0) is 32.2. The molecule has 0 radical (unpaired) electrons. The molecule has 4 saturated carbocycles. The first-order valence-corrected chi connectivity index (χ1v) is 16.2. The second kappa shape index (κ2) is 11.6. The second-order valence-electron chi connectivity index (χ2n) is 14.3. The molecule has 1 amide bonds. The van der Waals surface area contributed by atoms with Crippen molar-refractivity contribution in [2.75, 3.05) is 25.5 Å². The molecule has 0 spiro atoms. The minimum Gasteiger partial charge on any atom is -0.457 e. The lowest BCUT2D eigenvalue weighted by Crippen LogP contribution is -2.68. The van der Waals surface area contributed by atoms with E-state index in [1.54, 1.807) is 47.2 Å². The van der Waals surface area contributed by atoms with Crippen LogP contribution in [0.5, 0.6) is 0 Å². The molecule has 4 bridgehead atoms. The lowest BCUT2D eigenvalue weighted by atomic mass is 9.40. The van der Waals surface area contributed by atoms with Gasteiger partial charge in [-0.15, -0.1) is 0 Å². The molecule has 8 nitrogen and oxygen atoms in total. The van der Waals surface area contributed by atoms with E-state index in [2.05, 4.69) is 29.5 Å². The number of hydrogen-bond acceptors (Lipinski definition) is 6. The van der Waals surface area contributed by atoms with Crippen molar-refractivity contribution < 1.29 is 23.1 Å². The summed E-state index contributed by atoms with van der Waals surface area (Å²) in [5, 5.41) is 6.47. The number of hydrogen-bond donors (Lipinski definition) is 2. The first-order chi connectivity index (χ1) is 22.0. The Morgan fingerprint density at radius 3 is 2.37 bits per heavy atom. The number of halogens is 2. The molecule has 1 aromatic heterocycles. The Morgan fingerprint density at radius 2 is 1.72 bits per heavy atom. The molecule has 1 unspecified atom stereocenters. The van der Waals surface area contributed by atoms with E-state index in [1.807, 2.05) is 6.07 Å². The SMILES string of the molecule is CN1C[C@H]2CC[C@@H](C1)C2Nc1cc(=O)n(C23CC(C)(C2)C3)cc1C(=O)NCc1cccc(C(F)F)c1C(=O)OCc1ccccc1. The predicted octanol–water partition coefficient (Wildman–Crippen LogP) is 5.72. The van der Waals surface area contributed by atoms with E-state index < -0.39 is 23.9 Å². The minimum atomic E-state index is -2.91. The van der Waals surface area contributed by atoms with Gasteiger partial charge in [0, 0.05) is 49.0 Å². The number of esters is 1. The molecule has 3 atom stereocenters. The third-order valence-corrected chi connectivity index (χ3v) is 10.7. The lowest BCUT2D eigenvalue weighted by Gasteiger charge is -2.69. The molecule has 2 heterocycles. The molecule has 242 valence electrons. The van der Waals surface area contributed by atoms with Crippen LogP contribution in [0.2, 0.25) is 0 Å². The number of amides is 1. The number of carbonyl (C=O) groups is 2. The number of ether oxygens (including phenoxy) is 1. The van der Waals surface area contributed by atoms with Crippen LogP contribution in [0.3, 0.4) is 0 Å². The van der Waals surface area contributed by atoms with Gasteiger partial charge in [0.25, 0.3) is 17.9 Å². The number of nitrogens with one attached hydrogen (secondary N) is 2. The van der Waals surface area contributed by atoms with E-state index >= 15 is 0 Å². The monoisotopic (exact) mass is 630 g/mol. The molecule has 2 aromatic carbocycles. The van der Waals surface area contributed by atoms with E-state index in [0.29, 0.717) is 23.1 Å². The zero-order valence-corrected chi connectivity index (χ0v) is 26.2. The molecule has 46 heavy (non-hydrogen) atoms. The number of piperidine rings is 1. The van der Waals surface area contributed by atoms with Crippen LogP contribution in [0.1, 0.15) is 82.9 Å². The Bertz CT molecular complexity index is 1690. The second-order valence-corrected chi connectivity index (χ2v) is 14.3. The number of benzene rings is 2. The lowest BCUT2D eigenvalue weighted by molar-refractivity contribution is -0.175. The van der Waals surface area contributed by atoms with Crippen molar-refractivity contribution >= 4 is 17.6 Å². The summed E-state index contributed by atoms with van der Waals surface area (Å²) in [6.45, 7) is 3.89. The van der Waals surface area contributed by atoms with Crippen LogP contribution in [0.25, 0.3) is 0 Å². The quantitative estimate of drug-likeness (QED) is 0.279. The maximum atomic E-state index is 14.1. The number of aromatic nitrogens is 1. The van der Waals surface area contributed by atoms with Gasteiger partial charge in [-0.25, -0.2) is 13.6 Å². The van der Waals surface area contributed by atoms with Gasteiger partial charge in [0.15, 0.2) is 0 Å². The standard InChI is InChI=1S/C36H40F2N4O4/c1-35-19-36(20-35,21-35)42-17-27(28(13-29(42)43)40-31-24-11-12-25(31)16-41(2)15-24)33(44)39-14-23-9-6-10-26(32(37)38)30(23)34(45)46-18-22-7-4-3-5-8-22/h3-10,13,17,24-25,31-32,40H,11-12,14-16,18-21H2,1-2H3,(H,39,44)/t24-,25+,31?,35?,36?. The highest BCUT2D eigenvalue weighted by molar-refractivity contribution is 5.99. The Morgan fingerprint density at radius 1 is 1.02 bits per heavy atom. The van der Waals surface area contributed by atoms with E-state index in [9.17, 15) is 23.2 Å². The number of likely N-dealkylation sites (tertiary alicyclic amines) is 1. The number of nitrogens with zero attached hydrogens (tertiary/aromatic N) is 2. The van der Waals surface area contributed by atoms with Gasteiger partial charge in [0.1, 0.15) is 6.61 Å². The third-order valence-electron chi connectivity index (χ3n) is 10.7. The summed E-state index contributed by atoms with van der Waals surface area (Å²) in [4.78, 5) is 43.0. The van der Waals surface area contributed by atoms with Crippen LogP contribution in [0, 0.1) is 17.3 Å². The van der Waals surface area contributed by atoms with Crippen LogP contribution in [-0.2, 0) is 23.4 Å². The van der Waals surface area contributed by atoms with Crippen molar-refractivity contribution in [2.45, 2.75) is 70.2 Å². The highest BCUT2D eigenvalue weighted by Gasteiger charge is 2.66. The fraction of sp³-hybridized carbons (Fsp3) is 0.472. The topological polar surface area (TPSA) is 92.7 Å². The fourth-order valence-corrected chi connectivity index (χ4v) is 8.82. The Balaban J connectivity index is 1.16. The van der Waals surface area contributed by atoms with Crippen molar-refractivity contribution in [2.24, 2.45) is 17.3 Å². The molecule has 2 N–H and O–H groups in total. The van der Waals surface area contributed by atoms with Crippen molar-refractivity contribution in [3.05, 3.63) is 99.0 Å². The van der Waals surface area contributed by atoms with Crippen molar-refractivity contribution in [1.29, 1.82) is 0 Å². The molecule has 8 rings (SSSR count). The Labute approximate surface area is 267 Å². The van der Waals surface area contributed by atoms with Gasteiger partial charge in [-0.1, -0.05) is 55.5 Å². The molecule has 5 aliphatic rings. The van der Waals surface area contributed by atoms with Gasteiger partial charge in [0.2, 0.25) is 0 Å². The first-order valence-electron chi connectivity index (χ1n) is 16.2. The molecule has 1 aliphatic heterocycles. The summed E-state index contributed by atoms with van der Waals surface area (Å²) in [5.74, 6) is -0.488. The molecule has 10 heteroatoms. The van der Waals surface area contributed by atoms with Crippen LogP contribution in [0.15, 0.2) is 65.6 Å². The average molecular weight is 631 g/mol. The average Bonchev–Trinajstić information content (AvgIpc) is 3.24. The summed E-state index contributed by atoms with van der Waals surface area (Å²) in [7, 11) is 2.13. The van der Waals surface area contributed by atoms with E-state index in [-0.39, 0.29) is 46.8 Å². The number of anilines is 1. The maximum Gasteiger partial charge on any atom is 0.339 e. The van der Waals surface area contributed by atoms with Crippen LogP contribution in [-0.4, -0.2) is 47.5 Å². The van der Waals surface area contributed by atoms with E-state index in [1.165, 1.54) is 12.1 Å². The zero-order valence-electron chi connectivity index (χ0n) is 26.2. The van der Waals surface area contributed by atoms with Crippen molar-refractivity contribution in [1.82, 2.24) is 14.8 Å². The normalized spacial score (nSPS) is 27.9. The van der Waals surface area contributed by atoms with Gasteiger partial charge in [-0.05, 0) is 67.5 Å². The molecule has 4 aliphatic carbocycles. The van der Waals surface area contributed by atoms with Gasteiger partial charge < -0.3 is 24.8 Å². The molecular weight excluding hydrogens is 590 g/mol. The summed E-state index contributed by atoms with van der Waals surface area (Å²) in [6.07, 6.45) is 3.67.